The standard InChI is InChI=1S/C16H21N5O3/c1-10(2)14-12(15(22)19-20-16(23)24-11(3)4)9-18-21(14)13-7-5-6-8-17-13/h5-11H,1-4H3,(H,19,22)(H,20,23). The summed E-state index contributed by atoms with van der Waals surface area (Å²) in [6, 6.07) is 5.45. The summed E-state index contributed by atoms with van der Waals surface area (Å²) in [6.45, 7) is 7.34. The number of nitrogens with one attached hydrogen (secondary N) is 2. The fourth-order valence-electron chi connectivity index (χ4n) is 2.17. The van der Waals surface area contributed by atoms with Crippen molar-refractivity contribution in [1.29, 1.82) is 0 Å². The Balaban J connectivity index is 2.20. The van der Waals surface area contributed by atoms with Gasteiger partial charge >= 0.3 is 6.09 Å². The summed E-state index contributed by atoms with van der Waals surface area (Å²) in [6.07, 6.45) is 2.11. The Hall–Kier alpha value is -2.90. The maximum atomic E-state index is 12.3. The van der Waals surface area contributed by atoms with E-state index in [1.807, 2.05) is 19.9 Å². The van der Waals surface area contributed by atoms with Gasteiger partial charge in [0.15, 0.2) is 5.82 Å². The van der Waals surface area contributed by atoms with Gasteiger partial charge in [-0.15, -0.1) is 0 Å². The SMILES string of the molecule is CC(C)OC(=O)NNC(=O)c1cnn(-c2ccccn2)c1C(C)C. The summed E-state index contributed by atoms with van der Waals surface area (Å²) < 4.78 is 6.51. The molecule has 2 aromatic rings. The van der Waals surface area contributed by atoms with Crippen LogP contribution in [0.15, 0.2) is 30.6 Å². The van der Waals surface area contributed by atoms with Crippen molar-refractivity contribution in [2.75, 3.05) is 0 Å². The van der Waals surface area contributed by atoms with E-state index < -0.39 is 12.0 Å². The van der Waals surface area contributed by atoms with Crippen LogP contribution in [0.3, 0.4) is 0 Å². The van der Waals surface area contributed by atoms with Gasteiger partial charge in [-0.05, 0) is 31.9 Å². The van der Waals surface area contributed by atoms with Crippen molar-refractivity contribution in [3.05, 3.63) is 41.9 Å². The van der Waals surface area contributed by atoms with Gasteiger partial charge in [-0.25, -0.2) is 19.9 Å². The van der Waals surface area contributed by atoms with Gasteiger partial charge < -0.3 is 4.74 Å². The molecular weight excluding hydrogens is 310 g/mol. The van der Waals surface area contributed by atoms with Crippen LogP contribution in [0.25, 0.3) is 5.82 Å². The molecule has 0 atom stereocenters. The Morgan fingerprint density at radius 1 is 1.17 bits per heavy atom. The van der Waals surface area contributed by atoms with Crippen molar-refractivity contribution in [3.63, 3.8) is 0 Å². The first-order valence-electron chi connectivity index (χ1n) is 7.66. The van der Waals surface area contributed by atoms with E-state index in [0.717, 1.165) is 0 Å². The molecule has 0 aliphatic heterocycles. The monoisotopic (exact) mass is 331 g/mol. The zero-order chi connectivity index (χ0) is 17.7. The van der Waals surface area contributed by atoms with E-state index in [0.29, 0.717) is 17.1 Å². The second kappa shape index (κ2) is 7.58. The molecule has 0 aliphatic rings. The summed E-state index contributed by atoms with van der Waals surface area (Å²) in [4.78, 5) is 28.1. The number of pyridine rings is 1. The lowest BCUT2D eigenvalue weighted by molar-refractivity contribution is 0.0873. The van der Waals surface area contributed by atoms with Crippen LogP contribution in [0.2, 0.25) is 0 Å². The minimum Gasteiger partial charge on any atom is -0.446 e. The maximum Gasteiger partial charge on any atom is 0.426 e. The minimum absolute atomic E-state index is 0.0258. The fraction of sp³-hybridized carbons (Fsp3) is 0.375. The summed E-state index contributed by atoms with van der Waals surface area (Å²) in [5.74, 6) is 0.173. The largest absolute Gasteiger partial charge is 0.446 e. The number of nitrogens with zero attached hydrogens (tertiary/aromatic N) is 3. The molecule has 2 N–H and O–H groups in total. The maximum absolute atomic E-state index is 12.3. The van der Waals surface area contributed by atoms with Gasteiger partial charge in [-0.1, -0.05) is 19.9 Å². The number of hydrogen-bond donors (Lipinski definition) is 2. The third kappa shape index (κ3) is 4.09. The first-order valence-corrected chi connectivity index (χ1v) is 7.66. The highest BCUT2D eigenvalue weighted by molar-refractivity contribution is 5.96. The van der Waals surface area contributed by atoms with Crippen LogP contribution in [-0.2, 0) is 4.74 Å². The molecule has 2 amide bonds. The highest BCUT2D eigenvalue weighted by Crippen LogP contribution is 2.21. The number of amides is 2. The predicted molar refractivity (Wildman–Crippen MR) is 87.7 cm³/mol. The molecule has 2 rings (SSSR count). The van der Waals surface area contributed by atoms with Crippen molar-refractivity contribution < 1.29 is 14.3 Å². The molecular formula is C16H21N5O3. The number of ether oxygens (including phenoxy) is 1. The zero-order valence-corrected chi connectivity index (χ0v) is 14.1. The molecule has 128 valence electrons. The number of aromatic nitrogens is 3. The van der Waals surface area contributed by atoms with Crippen molar-refractivity contribution >= 4 is 12.0 Å². The van der Waals surface area contributed by atoms with E-state index in [1.54, 1.807) is 36.9 Å². The lowest BCUT2D eigenvalue weighted by Gasteiger charge is -2.13. The molecule has 0 unspecified atom stereocenters. The first-order chi connectivity index (χ1) is 11.4. The topological polar surface area (TPSA) is 98.1 Å². The molecule has 0 aromatic carbocycles. The Bertz CT molecular complexity index is 710. The van der Waals surface area contributed by atoms with E-state index >= 15 is 0 Å². The number of rotatable bonds is 4. The Morgan fingerprint density at radius 2 is 1.92 bits per heavy atom. The lowest BCUT2D eigenvalue weighted by atomic mass is 10.1. The van der Waals surface area contributed by atoms with Crippen LogP contribution in [-0.4, -0.2) is 32.9 Å². The first kappa shape index (κ1) is 17.5. The average molecular weight is 331 g/mol. The van der Waals surface area contributed by atoms with Crippen molar-refractivity contribution in [2.24, 2.45) is 0 Å². The van der Waals surface area contributed by atoms with Crippen LogP contribution >= 0.6 is 0 Å². The van der Waals surface area contributed by atoms with Gasteiger partial charge in [0.05, 0.1) is 23.6 Å². The van der Waals surface area contributed by atoms with Gasteiger partial charge in [0.2, 0.25) is 0 Å². The van der Waals surface area contributed by atoms with Crippen molar-refractivity contribution in [2.45, 2.75) is 39.7 Å². The molecule has 2 aromatic heterocycles. The third-order valence-electron chi connectivity index (χ3n) is 3.09. The molecule has 0 saturated carbocycles. The smallest absolute Gasteiger partial charge is 0.426 e. The van der Waals surface area contributed by atoms with E-state index in [1.165, 1.54) is 6.20 Å². The molecule has 24 heavy (non-hydrogen) atoms. The Morgan fingerprint density at radius 3 is 2.50 bits per heavy atom. The van der Waals surface area contributed by atoms with Crippen molar-refractivity contribution in [3.8, 4) is 5.82 Å². The summed E-state index contributed by atoms with van der Waals surface area (Å²) in [5, 5.41) is 4.25. The van der Waals surface area contributed by atoms with Gasteiger partial charge in [-0.2, -0.15) is 5.10 Å². The number of carbonyl (C=O) groups excluding carboxylic acids is 2. The molecule has 8 nitrogen and oxygen atoms in total. The fourth-order valence-corrected chi connectivity index (χ4v) is 2.17. The summed E-state index contributed by atoms with van der Waals surface area (Å²) in [7, 11) is 0. The molecule has 0 bridgehead atoms. The molecule has 0 radical (unpaired) electrons. The third-order valence-corrected chi connectivity index (χ3v) is 3.09. The molecule has 0 saturated heterocycles. The minimum atomic E-state index is -0.721. The number of hydrazine groups is 1. The number of hydrogen-bond acceptors (Lipinski definition) is 5. The van der Waals surface area contributed by atoms with Gasteiger partial charge in [0.25, 0.3) is 5.91 Å². The van der Waals surface area contributed by atoms with Gasteiger partial charge in [0, 0.05) is 6.20 Å². The van der Waals surface area contributed by atoms with Crippen molar-refractivity contribution in [1.82, 2.24) is 25.6 Å². The van der Waals surface area contributed by atoms with E-state index in [-0.39, 0.29) is 12.0 Å². The molecule has 8 heteroatoms. The summed E-state index contributed by atoms with van der Waals surface area (Å²) in [5.41, 5.74) is 5.60. The summed E-state index contributed by atoms with van der Waals surface area (Å²) >= 11 is 0. The number of carbonyl (C=O) groups is 2. The molecule has 2 heterocycles. The predicted octanol–water partition coefficient (Wildman–Crippen LogP) is 2.17. The van der Waals surface area contributed by atoms with Gasteiger partial charge in [0.1, 0.15) is 0 Å². The Labute approximate surface area is 140 Å². The molecule has 0 spiro atoms. The lowest BCUT2D eigenvalue weighted by Crippen LogP contribution is -2.42. The highest BCUT2D eigenvalue weighted by atomic mass is 16.6. The van der Waals surface area contributed by atoms with Crippen LogP contribution < -0.4 is 10.9 Å². The second-order valence-electron chi connectivity index (χ2n) is 5.73. The van der Waals surface area contributed by atoms with Crippen LogP contribution in [0.4, 0.5) is 4.79 Å². The van der Waals surface area contributed by atoms with E-state index in [9.17, 15) is 9.59 Å². The van der Waals surface area contributed by atoms with E-state index in [2.05, 4.69) is 20.9 Å². The Kier molecular flexibility index (Phi) is 5.51. The van der Waals surface area contributed by atoms with Crippen LogP contribution in [0, 0.1) is 0 Å². The second-order valence-corrected chi connectivity index (χ2v) is 5.73. The normalized spacial score (nSPS) is 10.8. The van der Waals surface area contributed by atoms with Crippen LogP contribution in [0.5, 0.6) is 0 Å². The average Bonchev–Trinajstić information content (AvgIpc) is 2.98. The van der Waals surface area contributed by atoms with Gasteiger partial charge in [-0.3, -0.25) is 10.2 Å². The molecule has 0 fully saturated rings. The molecule has 0 aliphatic carbocycles. The highest BCUT2D eigenvalue weighted by Gasteiger charge is 2.21. The zero-order valence-electron chi connectivity index (χ0n) is 14.1. The van der Waals surface area contributed by atoms with Crippen LogP contribution in [0.1, 0.15) is 49.7 Å². The quantitative estimate of drug-likeness (QED) is 0.837. The van der Waals surface area contributed by atoms with E-state index in [4.69, 9.17) is 4.74 Å².